The molecule has 136 valence electrons. The molecule has 0 atom stereocenters. The number of carbonyl (C=O) groups is 2. The van der Waals surface area contributed by atoms with Gasteiger partial charge < -0.3 is 10.8 Å². The fraction of sp³-hybridized carbons (Fsp3) is 0.111. The van der Waals surface area contributed by atoms with Crippen LogP contribution in [0, 0.1) is 6.92 Å². The Morgan fingerprint density at radius 2 is 1.65 bits per heavy atom. The molecule has 26 heavy (non-hydrogen) atoms. The van der Waals surface area contributed by atoms with Crippen LogP contribution in [0.3, 0.4) is 0 Å². The van der Waals surface area contributed by atoms with Crippen LogP contribution >= 0.6 is 0 Å². The number of carboxylic acid groups (broad SMARTS) is 1. The summed E-state index contributed by atoms with van der Waals surface area (Å²) in [4.78, 5) is 21.9. The second kappa shape index (κ2) is 7.83. The van der Waals surface area contributed by atoms with Crippen molar-refractivity contribution in [1.82, 2.24) is 0 Å². The van der Waals surface area contributed by atoms with Crippen molar-refractivity contribution in [1.29, 1.82) is 0 Å². The van der Waals surface area contributed by atoms with Gasteiger partial charge in [-0.1, -0.05) is 29.8 Å². The van der Waals surface area contributed by atoms with E-state index in [4.69, 9.17) is 10.8 Å². The van der Waals surface area contributed by atoms with Crippen molar-refractivity contribution in [3.63, 3.8) is 0 Å². The first-order valence-corrected chi connectivity index (χ1v) is 9.03. The number of nitrogens with two attached hydrogens (primary N) is 1. The molecular formula is C18H18N2O5S. The largest absolute Gasteiger partial charge is 0.480 e. The minimum absolute atomic E-state index is 0.0597. The molecule has 2 aromatic rings. The fourth-order valence-corrected chi connectivity index (χ4v) is 3.62. The third-order valence-electron chi connectivity index (χ3n) is 3.51. The Hall–Kier alpha value is -3.13. The first-order valence-electron chi connectivity index (χ1n) is 7.59. The van der Waals surface area contributed by atoms with Gasteiger partial charge in [0.1, 0.15) is 6.54 Å². The van der Waals surface area contributed by atoms with Crippen LogP contribution < -0.4 is 10.0 Å². The highest BCUT2D eigenvalue weighted by Gasteiger charge is 2.26. The Morgan fingerprint density at radius 3 is 2.15 bits per heavy atom. The molecule has 0 aliphatic rings. The third-order valence-corrected chi connectivity index (χ3v) is 5.30. The molecule has 0 spiro atoms. The van der Waals surface area contributed by atoms with Crippen molar-refractivity contribution in [3.8, 4) is 0 Å². The number of primary amides is 1. The molecule has 2 aromatic carbocycles. The van der Waals surface area contributed by atoms with Crippen molar-refractivity contribution in [2.45, 2.75) is 11.8 Å². The van der Waals surface area contributed by atoms with E-state index in [-0.39, 0.29) is 10.6 Å². The predicted molar refractivity (Wildman–Crippen MR) is 98.0 cm³/mol. The van der Waals surface area contributed by atoms with Gasteiger partial charge >= 0.3 is 5.97 Å². The smallest absolute Gasteiger partial charge is 0.324 e. The maximum Gasteiger partial charge on any atom is 0.324 e. The summed E-state index contributed by atoms with van der Waals surface area (Å²) in [5.74, 6) is -1.89. The van der Waals surface area contributed by atoms with E-state index in [1.165, 1.54) is 30.3 Å². The Bertz CT molecular complexity index is 933. The van der Waals surface area contributed by atoms with Gasteiger partial charge in [0.2, 0.25) is 5.91 Å². The van der Waals surface area contributed by atoms with E-state index >= 15 is 0 Å². The Kier molecular flexibility index (Phi) is 5.78. The van der Waals surface area contributed by atoms with Gasteiger partial charge in [-0.25, -0.2) is 8.42 Å². The summed E-state index contributed by atoms with van der Waals surface area (Å²) in [6, 6.07) is 12.2. The molecule has 0 aliphatic heterocycles. The van der Waals surface area contributed by atoms with E-state index in [2.05, 4.69) is 0 Å². The van der Waals surface area contributed by atoms with E-state index < -0.39 is 28.4 Å². The van der Waals surface area contributed by atoms with Crippen LogP contribution in [-0.2, 0) is 19.6 Å². The standard InChI is InChI=1S/C18H18N2O5S/c1-13-2-7-15(8-3-13)20(12-18(22)23)26(24,25)16-9-4-14(5-10-16)6-11-17(19)21/h2-11H,12H2,1H3,(H2,19,21)(H,22,23)/b11-6+. The number of benzene rings is 2. The highest BCUT2D eigenvalue weighted by atomic mass is 32.2. The lowest BCUT2D eigenvalue weighted by Crippen LogP contribution is -2.35. The van der Waals surface area contributed by atoms with Crippen molar-refractivity contribution < 1.29 is 23.1 Å². The summed E-state index contributed by atoms with van der Waals surface area (Å²) < 4.78 is 26.6. The van der Waals surface area contributed by atoms with E-state index in [0.29, 0.717) is 5.56 Å². The number of sulfonamides is 1. The molecule has 3 N–H and O–H groups in total. The molecule has 7 nitrogen and oxygen atoms in total. The number of carbonyl (C=O) groups excluding carboxylic acids is 1. The quantitative estimate of drug-likeness (QED) is 0.716. The van der Waals surface area contributed by atoms with Gasteiger partial charge in [0, 0.05) is 6.08 Å². The molecule has 1 amide bonds. The lowest BCUT2D eigenvalue weighted by atomic mass is 10.2. The van der Waals surface area contributed by atoms with Gasteiger partial charge in [-0.3, -0.25) is 13.9 Å². The normalized spacial score (nSPS) is 11.4. The van der Waals surface area contributed by atoms with Crippen LogP contribution in [-0.4, -0.2) is 31.9 Å². The minimum atomic E-state index is -4.07. The monoisotopic (exact) mass is 374 g/mol. The summed E-state index contributed by atoms with van der Waals surface area (Å²) in [5.41, 5.74) is 6.79. The van der Waals surface area contributed by atoms with Crippen molar-refractivity contribution in [2.24, 2.45) is 5.73 Å². The zero-order chi connectivity index (χ0) is 19.3. The summed E-state index contributed by atoms with van der Waals surface area (Å²) in [6.45, 7) is 1.15. The van der Waals surface area contributed by atoms with E-state index in [0.717, 1.165) is 15.9 Å². The lowest BCUT2D eigenvalue weighted by molar-refractivity contribution is -0.135. The van der Waals surface area contributed by atoms with Crippen LogP contribution in [0.1, 0.15) is 11.1 Å². The first kappa shape index (κ1) is 19.2. The van der Waals surface area contributed by atoms with Crippen LogP contribution in [0.5, 0.6) is 0 Å². The molecule has 0 fully saturated rings. The maximum atomic E-state index is 12.9. The molecule has 0 unspecified atom stereocenters. The highest BCUT2D eigenvalue weighted by molar-refractivity contribution is 7.92. The van der Waals surface area contributed by atoms with Crippen LogP contribution in [0.25, 0.3) is 6.08 Å². The number of aryl methyl sites for hydroxylation is 1. The number of nitrogens with zero attached hydrogens (tertiary/aromatic N) is 1. The summed E-state index contributed by atoms with van der Waals surface area (Å²) >= 11 is 0. The number of amides is 1. The summed E-state index contributed by atoms with van der Waals surface area (Å²) in [6.07, 6.45) is 2.61. The Morgan fingerprint density at radius 1 is 1.08 bits per heavy atom. The van der Waals surface area contributed by atoms with Crippen molar-refractivity contribution in [2.75, 3.05) is 10.8 Å². The van der Waals surface area contributed by atoms with Gasteiger partial charge in [0.15, 0.2) is 0 Å². The SMILES string of the molecule is Cc1ccc(N(CC(=O)O)S(=O)(=O)c2ccc(/C=C/C(N)=O)cc2)cc1. The van der Waals surface area contributed by atoms with Gasteiger partial charge in [-0.05, 0) is 42.8 Å². The van der Waals surface area contributed by atoms with Gasteiger partial charge in [-0.2, -0.15) is 0 Å². The zero-order valence-electron chi connectivity index (χ0n) is 14.0. The Labute approximate surface area is 151 Å². The number of aliphatic carboxylic acids is 1. The first-order chi connectivity index (χ1) is 12.2. The summed E-state index contributed by atoms with van der Waals surface area (Å²) in [7, 11) is -4.07. The van der Waals surface area contributed by atoms with Crippen LogP contribution in [0.4, 0.5) is 5.69 Å². The molecule has 0 saturated heterocycles. The maximum absolute atomic E-state index is 12.9. The number of hydrogen-bond acceptors (Lipinski definition) is 4. The molecule has 0 aromatic heterocycles. The summed E-state index contributed by atoms with van der Waals surface area (Å²) in [5, 5.41) is 9.12. The number of rotatable bonds is 7. The second-order valence-electron chi connectivity index (χ2n) is 5.55. The molecule has 0 saturated carbocycles. The van der Waals surface area contributed by atoms with E-state index in [1.54, 1.807) is 24.3 Å². The second-order valence-corrected chi connectivity index (χ2v) is 7.41. The van der Waals surface area contributed by atoms with Crippen LogP contribution in [0.2, 0.25) is 0 Å². The zero-order valence-corrected chi connectivity index (χ0v) is 14.8. The third kappa shape index (κ3) is 4.70. The molecule has 0 aliphatic carbocycles. The number of anilines is 1. The molecule has 8 heteroatoms. The molecule has 0 bridgehead atoms. The molecule has 2 rings (SSSR count). The van der Waals surface area contributed by atoms with Crippen molar-refractivity contribution in [3.05, 3.63) is 65.7 Å². The van der Waals surface area contributed by atoms with Gasteiger partial charge in [-0.15, -0.1) is 0 Å². The molecule has 0 radical (unpaired) electrons. The average molecular weight is 374 g/mol. The van der Waals surface area contributed by atoms with Crippen LogP contribution in [0.15, 0.2) is 59.5 Å². The highest BCUT2D eigenvalue weighted by Crippen LogP contribution is 2.24. The average Bonchev–Trinajstić information content (AvgIpc) is 2.59. The minimum Gasteiger partial charge on any atom is -0.480 e. The fourth-order valence-electron chi connectivity index (χ4n) is 2.21. The number of carboxylic acids is 1. The van der Waals surface area contributed by atoms with Crippen molar-refractivity contribution >= 4 is 33.7 Å². The van der Waals surface area contributed by atoms with E-state index in [9.17, 15) is 18.0 Å². The molecular weight excluding hydrogens is 356 g/mol. The van der Waals surface area contributed by atoms with Gasteiger partial charge in [0.05, 0.1) is 10.6 Å². The van der Waals surface area contributed by atoms with Gasteiger partial charge in [0.25, 0.3) is 10.0 Å². The topological polar surface area (TPSA) is 118 Å². The predicted octanol–water partition coefficient (Wildman–Crippen LogP) is 1.77. The Balaban J connectivity index is 2.41. The molecule has 0 heterocycles. The van der Waals surface area contributed by atoms with E-state index in [1.807, 2.05) is 6.92 Å². The number of hydrogen-bond donors (Lipinski definition) is 2. The lowest BCUT2D eigenvalue weighted by Gasteiger charge is -2.23.